The summed E-state index contributed by atoms with van der Waals surface area (Å²) in [7, 11) is 0. The van der Waals surface area contributed by atoms with Crippen molar-refractivity contribution in [2.45, 2.75) is 36.9 Å². The number of benzene rings is 3. The van der Waals surface area contributed by atoms with Crippen LogP contribution in [0.2, 0.25) is 10.0 Å². The fourth-order valence-corrected chi connectivity index (χ4v) is 5.62. The van der Waals surface area contributed by atoms with Gasteiger partial charge in [0, 0.05) is 26.9 Å². The van der Waals surface area contributed by atoms with Crippen LogP contribution in [-0.2, 0) is 27.7 Å². The molecule has 3 aromatic carbocycles. The zero-order valence-corrected chi connectivity index (χ0v) is 22.4. The Bertz CT molecular complexity index is 1520. The van der Waals surface area contributed by atoms with Gasteiger partial charge < -0.3 is 14.4 Å². The van der Waals surface area contributed by atoms with Gasteiger partial charge in [0.25, 0.3) is 5.89 Å². The second-order valence-electron chi connectivity index (χ2n) is 9.22. The average Bonchev–Trinajstić information content (AvgIpc) is 3.49. The average molecular weight is 574 g/mol. The minimum absolute atomic E-state index is 0.101. The number of rotatable bonds is 8. The van der Waals surface area contributed by atoms with Crippen LogP contribution in [0.3, 0.4) is 0 Å². The lowest BCUT2D eigenvalue weighted by atomic mass is 9.94. The van der Waals surface area contributed by atoms with Crippen molar-refractivity contribution in [3.63, 3.8) is 0 Å². The van der Waals surface area contributed by atoms with E-state index >= 15 is 0 Å². The number of carbonyl (C=O) groups excluding carboxylic acids is 1. The monoisotopic (exact) mass is 573 g/mol. The number of anilines is 1. The van der Waals surface area contributed by atoms with Crippen LogP contribution in [0, 0.1) is 5.82 Å². The largest absolute Gasteiger partial charge is 0.334 e. The summed E-state index contributed by atoms with van der Waals surface area (Å²) in [5, 5.41) is 7.15. The molecule has 0 bridgehead atoms. The Labute approximate surface area is 230 Å². The first kappa shape index (κ1) is 26.5. The highest BCUT2D eigenvalue weighted by Crippen LogP contribution is 2.57. The molecule has 1 aliphatic carbocycles. The molecule has 11 heteroatoms. The lowest BCUT2D eigenvalue weighted by Gasteiger charge is -2.17. The van der Waals surface area contributed by atoms with Crippen molar-refractivity contribution in [2.24, 2.45) is 0 Å². The summed E-state index contributed by atoms with van der Waals surface area (Å²) < 4.78 is 39.5. The maximum atomic E-state index is 13.6. The first-order valence-electron chi connectivity index (χ1n) is 11.7. The van der Waals surface area contributed by atoms with Gasteiger partial charge in [0.2, 0.25) is 5.91 Å². The highest BCUT2D eigenvalue weighted by atomic mass is 35.5. The van der Waals surface area contributed by atoms with E-state index in [2.05, 4.69) is 15.5 Å². The summed E-state index contributed by atoms with van der Waals surface area (Å²) >= 11 is 11.3. The maximum absolute atomic E-state index is 13.6. The molecule has 0 spiro atoms. The van der Waals surface area contributed by atoms with Crippen molar-refractivity contribution in [1.29, 1.82) is 0 Å². The van der Waals surface area contributed by atoms with Crippen LogP contribution in [-0.4, -0.2) is 24.8 Å². The molecular formula is C27H22Cl2FN3O4S. The van der Waals surface area contributed by atoms with Crippen molar-refractivity contribution >= 4 is 45.9 Å². The third-order valence-electron chi connectivity index (χ3n) is 6.60. The summed E-state index contributed by atoms with van der Waals surface area (Å²) in [6.45, 7) is 1.66. The van der Waals surface area contributed by atoms with E-state index in [0.717, 1.165) is 5.56 Å². The second kappa shape index (κ2) is 10.6. The number of hydrogen-bond acceptors (Lipinski definition) is 5. The van der Waals surface area contributed by atoms with E-state index in [1.165, 1.54) is 12.1 Å². The quantitative estimate of drug-likeness (QED) is 0.226. The van der Waals surface area contributed by atoms with E-state index in [4.69, 9.17) is 27.7 Å². The smallest absolute Gasteiger partial charge is 0.258 e. The molecule has 4 aromatic rings. The molecule has 7 nitrogen and oxygen atoms in total. The van der Waals surface area contributed by atoms with Gasteiger partial charge in [-0.1, -0.05) is 58.7 Å². The summed E-state index contributed by atoms with van der Waals surface area (Å²) in [6.07, 6.45) is 1.51. The van der Waals surface area contributed by atoms with Gasteiger partial charge in [0.05, 0.1) is 17.1 Å². The Hall–Kier alpha value is -3.11. The molecular weight excluding hydrogens is 552 g/mol. The van der Waals surface area contributed by atoms with Crippen LogP contribution in [0.15, 0.2) is 65.2 Å². The van der Waals surface area contributed by atoms with Crippen LogP contribution in [0.4, 0.5) is 10.1 Å². The zero-order chi connectivity index (χ0) is 27.0. The fraction of sp³-hybridized carbons (Fsp3) is 0.222. The van der Waals surface area contributed by atoms with Crippen LogP contribution < -0.4 is 5.32 Å². The minimum Gasteiger partial charge on any atom is -0.334 e. The molecule has 2 unspecified atom stereocenters. The summed E-state index contributed by atoms with van der Waals surface area (Å²) in [6, 6.07) is 16.1. The van der Waals surface area contributed by atoms with Crippen molar-refractivity contribution in [3.05, 3.63) is 99.0 Å². The Balaban J connectivity index is 1.31. The first-order chi connectivity index (χ1) is 18.2. The Morgan fingerprint density at radius 2 is 1.84 bits per heavy atom. The number of nitrogens with zero attached hydrogens (tertiary/aromatic N) is 2. The lowest BCUT2D eigenvalue weighted by Crippen LogP contribution is -2.16. The lowest BCUT2D eigenvalue weighted by molar-refractivity contribution is -0.115. The van der Waals surface area contributed by atoms with E-state index in [9.17, 15) is 17.9 Å². The van der Waals surface area contributed by atoms with Gasteiger partial charge in [0.1, 0.15) is 5.82 Å². The number of halogens is 3. The molecule has 5 rings (SSSR count). The molecule has 196 valence electrons. The third-order valence-corrected chi connectivity index (χ3v) is 8.07. The molecule has 1 aromatic heterocycles. The first-order valence-corrected chi connectivity index (χ1v) is 13.7. The molecule has 2 N–H and O–H groups in total. The molecule has 0 radical (unpaired) electrons. The van der Waals surface area contributed by atoms with Gasteiger partial charge in [-0.3, -0.25) is 4.79 Å². The van der Waals surface area contributed by atoms with Crippen LogP contribution in [0.25, 0.3) is 11.5 Å². The maximum Gasteiger partial charge on any atom is 0.258 e. The van der Waals surface area contributed by atoms with E-state index in [1.807, 2.05) is 0 Å². The SMILES string of the molecule is CC(c1ccc(CC(=O)Nc2cc(Cl)c(C3(c4noc(-c5cccc(F)c5)n4)CC3)c(Cl)c2)cc1)S(=O)O. The Morgan fingerprint density at radius 1 is 1.16 bits per heavy atom. The molecule has 1 amide bonds. The summed E-state index contributed by atoms with van der Waals surface area (Å²) in [5.74, 6) is -0.0530. The summed E-state index contributed by atoms with van der Waals surface area (Å²) in [4.78, 5) is 17.2. The van der Waals surface area contributed by atoms with Gasteiger partial charge >= 0.3 is 0 Å². The van der Waals surface area contributed by atoms with Crippen LogP contribution in [0.1, 0.15) is 47.5 Å². The van der Waals surface area contributed by atoms with Crippen LogP contribution in [0.5, 0.6) is 0 Å². The third kappa shape index (κ3) is 5.37. The van der Waals surface area contributed by atoms with E-state index in [0.29, 0.717) is 51.1 Å². The van der Waals surface area contributed by atoms with E-state index < -0.39 is 27.6 Å². The van der Waals surface area contributed by atoms with E-state index in [1.54, 1.807) is 55.5 Å². The summed E-state index contributed by atoms with van der Waals surface area (Å²) in [5.41, 5.74) is 2.41. The van der Waals surface area contributed by atoms with Gasteiger partial charge in [-0.15, -0.1) is 0 Å². The molecule has 38 heavy (non-hydrogen) atoms. The van der Waals surface area contributed by atoms with Crippen molar-refractivity contribution in [1.82, 2.24) is 10.1 Å². The minimum atomic E-state index is -1.97. The van der Waals surface area contributed by atoms with E-state index in [-0.39, 0.29) is 18.2 Å². The highest BCUT2D eigenvalue weighted by Gasteiger charge is 2.52. The molecule has 1 aliphatic rings. The van der Waals surface area contributed by atoms with Gasteiger partial charge in [-0.2, -0.15) is 4.98 Å². The van der Waals surface area contributed by atoms with Gasteiger partial charge in [-0.05, 0) is 61.2 Å². The number of carbonyl (C=O) groups is 1. The van der Waals surface area contributed by atoms with Crippen LogP contribution >= 0.6 is 23.2 Å². The standard InChI is InChI=1S/C27H22Cl2FN3O4S/c1-15(38(35)36)17-7-5-16(6-8-17)11-23(34)31-20-13-21(28)24(22(29)14-20)27(9-10-27)26-32-25(37-33-26)18-3-2-4-19(30)12-18/h2-8,12-15H,9-11H2,1H3,(H,31,34)(H,35,36). The highest BCUT2D eigenvalue weighted by molar-refractivity contribution is 7.79. The topological polar surface area (TPSA) is 105 Å². The predicted molar refractivity (Wildman–Crippen MR) is 144 cm³/mol. The molecule has 0 saturated heterocycles. The predicted octanol–water partition coefficient (Wildman–Crippen LogP) is 6.73. The number of aromatic nitrogens is 2. The molecule has 1 heterocycles. The number of hydrogen-bond donors (Lipinski definition) is 2. The Morgan fingerprint density at radius 3 is 2.45 bits per heavy atom. The number of amides is 1. The normalized spacial score (nSPS) is 15.6. The van der Waals surface area contributed by atoms with Gasteiger partial charge in [-0.25, -0.2) is 8.60 Å². The fourth-order valence-electron chi connectivity index (χ4n) is 4.38. The molecule has 1 saturated carbocycles. The van der Waals surface area contributed by atoms with Crippen molar-refractivity contribution < 1.29 is 22.5 Å². The zero-order valence-electron chi connectivity index (χ0n) is 20.1. The van der Waals surface area contributed by atoms with Crippen molar-refractivity contribution in [3.8, 4) is 11.5 Å². The molecule has 1 fully saturated rings. The number of nitrogens with one attached hydrogen (secondary N) is 1. The second-order valence-corrected chi connectivity index (χ2v) is 11.3. The molecule has 0 aliphatic heterocycles. The van der Waals surface area contributed by atoms with Gasteiger partial charge in [0.15, 0.2) is 16.9 Å². The van der Waals surface area contributed by atoms with Crippen molar-refractivity contribution in [2.75, 3.05) is 5.32 Å². The molecule has 2 atom stereocenters. The Kier molecular flexibility index (Phi) is 7.37.